The fraction of sp³-hybridized carbons (Fsp3) is 0.562. The van der Waals surface area contributed by atoms with Gasteiger partial charge in [-0.2, -0.15) is 0 Å². The van der Waals surface area contributed by atoms with Crippen molar-refractivity contribution in [3.8, 4) is 0 Å². The van der Waals surface area contributed by atoms with Crippen LogP contribution >= 0.6 is 11.6 Å². The van der Waals surface area contributed by atoms with Gasteiger partial charge in [0, 0.05) is 5.56 Å². The van der Waals surface area contributed by atoms with Gasteiger partial charge < -0.3 is 9.47 Å². The minimum Gasteiger partial charge on any atom is -0.373 e. The van der Waals surface area contributed by atoms with E-state index in [0.717, 1.165) is 12.0 Å². The van der Waals surface area contributed by atoms with Crippen LogP contribution in [0, 0.1) is 0 Å². The highest BCUT2D eigenvalue weighted by atomic mass is 35.5. The van der Waals surface area contributed by atoms with E-state index in [4.69, 9.17) is 21.1 Å². The van der Waals surface area contributed by atoms with E-state index < -0.39 is 5.24 Å². The van der Waals surface area contributed by atoms with E-state index in [9.17, 15) is 4.79 Å². The van der Waals surface area contributed by atoms with Gasteiger partial charge in [-0.15, -0.1) is 0 Å². The van der Waals surface area contributed by atoms with Crippen LogP contribution in [0.15, 0.2) is 24.3 Å². The van der Waals surface area contributed by atoms with Crippen LogP contribution < -0.4 is 0 Å². The third-order valence-corrected chi connectivity index (χ3v) is 3.82. The lowest BCUT2D eigenvalue weighted by Gasteiger charge is -2.30. The molecule has 4 heteroatoms. The summed E-state index contributed by atoms with van der Waals surface area (Å²) < 4.78 is 11.7. The second-order valence-electron chi connectivity index (χ2n) is 5.17. The number of benzene rings is 1. The van der Waals surface area contributed by atoms with Crippen LogP contribution in [0.2, 0.25) is 0 Å². The van der Waals surface area contributed by atoms with Gasteiger partial charge in [0.2, 0.25) is 0 Å². The Morgan fingerprint density at radius 1 is 1.20 bits per heavy atom. The molecule has 0 bridgehead atoms. The number of rotatable bonds is 6. The van der Waals surface area contributed by atoms with E-state index in [1.54, 1.807) is 12.1 Å². The van der Waals surface area contributed by atoms with Crippen molar-refractivity contribution in [1.82, 2.24) is 0 Å². The topological polar surface area (TPSA) is 35.5 Å². The lowest BCUT2D eigenvalue weighted by molar-refractivity contribution is -0.137. The van der Waals surface area contributed by atoms with Gasteiger partial charge in [0.1, 0.15) is 6.10 Å². The van der Waals surface area contributed by atoms with Crippen LogP contribution in [0.5, 0.6) is 0 Å². The summed E-state index contributed by atoms with van der Waals surface area (Å²) in [5, 5.41) is -0.437. The predicted molar refractivity (Wildman–Crippen MR) is 79.2 cm³/mol. The van der Waals surface area contributed by atoms with Crippen molar-refractivity contribution in [2.75, 3.05) is 13.2 Å². The van der Waals surface area contributed by atoms with Crippen molar-refractivity contribution in [2.45, 2.75) is 44.8 Å². The fourth-order valence-electron chi connectivity index (χ4n) is 2.35. The zero-order chi connectivity index (χ0) is 14.4. The Hall–Kier alpha value is -0.900. The third kappa shape index (κ3) is 4.30. The Bertz CT molecular complexity index is 422. The predicted octanol–water partition coefficient (Wildman–Crippen LogP) is 4.10. The van der Waals surface area contributed by atoms with Crippen molar-refractivity contribution in [2.24, 2.45) is 0 Å². The van der Waals surface area contributed by atoms with E-state index in [0.29, 0.717) is 18.8 Å². The molecular weight excluding hydrogens is 276 g/mol. The van der Waals surface area contributed by atoms with Gasteiger partial charge in [0.15, 0.2) is 0 Å². The molecule has 0 spiro atoms. The molecule has 0 N–H and O–H groups in total. The smallest absolute Gasteiger partial charge is 0.252 e. The van der Waals surface area contributed by atoms with Gasteiger partial charge in [0.05, 0.1) is 19.3 Å². The Kier molecular flexibility index (Phi) is 6.02. The first-order valence-electron chi connectivity index (χ1n) is 7.23. The van der Waals surface area contributed by atoms with Gasteiger partial charge in [-0.05, 0) is 35.7 Å². The number of carbonyl (C=O) groups excluding carboxylic acids is 1. The molecule has 2 rings (SSSR count). The zero-order valence-electron chi connectivity index (χ0n) is 11.8. The molecule has 2 unspecified atom stereocenters. The Balaban J connectivity index is 1.82. The van der Waals surface area contributed by atoms with Crippen molar-refractivity contribution in [1.29, 1.82) is 0 Å². The van der Waals surface area contributed by atoms with E-state index in [2.05, 4.69) is 6.92 Å². The molecule has 1 aromatic rings. The molecule has 0 radical (unpaired) electrons. The summed E-state index contributed by atoms with van der Waals surface area (Å²) in [7, 11) is 0. The lowest BCUT2D eigenvalue weighted by Crippen LogP contribution is -2.31. The van der Waals surface area contributed by atoms with Crippen LogP contribution in [-0.2, 0) is 9.47 Å². The second-order valence-corrected chi connectivity index (χ2v) is 5.51. The first-order chi connectivity index (χ1) is 9.70. The van der Waals surface area contributed by atoms with Gasteiger partial charge in [0.25, 0.3) is 5.24 Å². The van der Waals surface area contributed by atoms with E-state index in [-0.39, 0.29) is 12.2 Å². The van der Waals surface area contributed by atoms with Gasteiger partial charge in [-0.25, -0.2) is 0 Å². The average molecular weight is 297 g/mol. The highest BCUT2D eigenvalue weighted by Gasteiger charge is 2.23. The zero-order valence-corrected chi connectivity index (χ0v) is 12.6. The van der Waals surface area contributed by atoms with Crippen molar-refractivity contribution >= 4 is 16.8 Å². The Morgan fingerprint density at radius 3 is 2.50 bits per heavy atom. The van der Waals surface area contributed by atoms with Crippen LogP contribution in [0.25, 0.3) is 0 Å². The molecule has 0 aromatic heterocycles. The summed E-state index contributed by atoms with van der Waals surface area (Å²) in [5.74, 6) is 0. The van der Waals surface area contributed by atoms with Crippen LogP contribution in [0.4, 0.5) is 0 Å². The molecule has 1 heterocycles. The molecule has 1 fully saturated rings. The molecule has 1 aliphatic heterocycles. The molecule has 20 heavy (non-hydrogen) atoms. The molecule has 1 aliphatic rings. The SMILES string of the molecule is CCCCCC1COC(c2ccc(C(=O)Cl)cc2)CO1. The molecule has 0 aliphatic carbocycles. The molecule has 0 amide bonds. The number of unbranched alkanes of at least 4 members (excludes halogenated alkanes) is 2. The van der Waals surface area contributed by atoms with Gasteiger partial charge in [-0.1, -0.05) is 38.3 Å². The Morgan fingerprint density at radius 2 is 1.95 bits per heavy atom. The lowest BCUT2D eigenvalue weighted by atomic mass is 10.1. The summed E-state index contributed by atoms with van der Waals surface area (Å²) in [6.45, 7) is 3.42. The number of hydrogen-bond acceptors (Lipinski definition) is 3. The average Bonchev–Trinajstić information content (AvgIpc) is 2.48. The minimum absolute atomic E-state index is 0.0445. The molecule has 1 aromatic carbocycles. The van der Waals surface area contributed by atoms with Crippen LogP contribution in [-0.4, -0.2) is 24.6 Å². The van der Waals surface area contributed by atoms with Crippen molar-refractivity contribution in [3.05, 3.63) is 35.4 Å². The second kappa shape index (κ2) is 7.77. The third-order valence-electron chi connectivity index (χ3n) is 3.61. The molecule has 110 valence electrons. The van der Waals surface area contributed by atoms with Crippen LogP contribution in [0.1, 0.15) is 54.6 Å². The fourth-order valence-corrected chi connectivity index (χ4v) is 2.48. The molecule has 3 nitrogen and oxygen atoms in total. The van der Waals surface area contributed by atoms with Gasteiger partial charge in [-0.3, -0.25) is 4.79 Å². The molecule has 2 atom stereocenters. The maximum absolute atomic E-state index is 11.0. The summed E-state index contributed by atoms with van der Waals surface area (Å²) >= 11 is 5.43. The summed E-state index contributed by atoms with van der Waals surface area (Å²) in [6, 6.07) is 7.20. The number of halogens is 1. The molecule has 1 saturated heterocycles. The van der Waals surface area contributed by atoms with Crippen molar-refractivity contribution in [3.63, 3.8) is 0 Å². The molecular formula is C16H21ClO3. The maximum Gasteiger partial charge on any atom is 0.252 e. The van der Waals surface area contributed by atoms with E-state index in [1.807, 2.05) is 12.1 Å². The number of ether oxygens (including phenoxy) is 2. The monoisotopic (exact) mass is 296 g/mol. The number of hydrogen-bond donors (Lipinski definition) is 0. The standard InChI is InChI=1S/C16H21ClO3/c1-2-3-4-5-14-10-20-15(11-19-14)12-6-8-13(9-7-12)16(17)18/h6-9,14-15H,2-5,10-11H2,1H3. The minimum atomic E-state index is -0.437. The maximum atomic E-state index is 11.0. The van der Waals surface area contributed by atoms with E-state index in [1.165, 1.54) is 19.3 Å². The summed E-state index contributed by atoms with van der Waals surface area (Å²) in [5.41, 5.74) is 1.53. The molecule has 0 saturated carbocycles. The van der Waals surface area contributed by atoms with Crippen LogP contribution in [0.3, 0.4) is 0 Å². The summed E-state index contributed by atoms with van der Waals surface area (Å²) in [4.78, 5) is 11.0. The van der Waals surface area contributed by atoms with Gasteiger partial charge >= 0.3 is 0 Å². The highest BCUT2D eigenvalue weighted by Crippen LogP contribution is 2.25. The quantitative estimate of drug-likeness (QED) is 0.585. The first-order valence-corrected chi connectivity index (χ1v) is 7.61. The largest absolute Gasteiger partial charge is 0.373 e. The Labute approximate surface area is 125 Å². The number of carbonyl (C=O) groups is 1. The first kappa shape index (κ1) is 15.5. The normalized spacial score (nSPS) is 22.7. The van der Waals surface area contributed by atoms with E-state index >= 15 is 0 Å². The summed E-state index contributed by atoms with van der Waals surface area (Å²) in [6.07, 6.45) is 4.92. The highest BCUT2D eigenvalue weighted by molar-refractivity contribution is 6.67. The van der Waals surface area contributed by atoms with Crippen molar-refractivity contribution < 1.29 is 14.3 Å².